The number of allylic oxidation sites excluding steroid dienone is 1. The summed E-state index contributed by atoms with van der Waals surface area (Å²) in [5.74, 6) is 1.52. The van der Waals surface area contributed by atoms with Crippen LogP contribution in [0.1, 0.15) is 11.5 Å². The predicted octanol–water partition coefficient (Wildman–Crippen LogP) is 1.89. The van der Waals surface area contributed by atoms with Crippen molar-refractivity contribution in [3.8, 4) is 0 Å². The van der Waals surface area contributed by atoms with E-state index in [4.69, 9.17) is 4.42 Å². The fourth-order valence-corrected chi connectivity index (χ4v) is 0.824. The maximum Gasteiger partial charge on any atom is 0.162 e. The molecule has 0 saturated heterocycles. The van der Waals surface area contributed by atoms with E-state index in [-0.39, 0.29) is 5.78 Å². The minimum Gasteiger partial charge on any atom is -0.466 e. The second kappa shape index (κ2) is 3.19. The van der Waals surface area contributed by atoms with E-state index < -0.39 is 0 Å². The summed E-state index contributed by atoms with van der Waals surface area (Å²) in [6, 6.07) is 3.64. The van der Waals surface area contributed by atoms with Crippen molar-refractivity contribution in [3.63, 3.8) is 0 Å². The van der Waals surface area contributed by atoms with Crippen molar-refractivity contribution >= 4 is 5.78 Å². The number of aryl methyl sites for hydroxylation is 1. The Morgan fingerprint density at radius 2 is 2.45 bits per heavy atom. The highest BCUT2D eigenvalue weighted by Crippen LogP contribution is 2.06. The Bertz CT molecular complexity index is 271. The molecule has 0 amide bonds. The molecule has 1 rings (SSSR count). The van der Waals surface area contributed by atoms with Gasteiger partial charge in [0.2, 0.25) is 0 Å². The van der Waals surface area contributed by atoms with E-state index >= 15 is 0 Å². The molecule has 1 aromatic rings. The van der Waals surface area contributed by atoms with E-state index in [1.807, 2.05) is 13.0 Å². The highest BCUT2D eigenvalue weighted by molar-refractivity contribution is 5.90. The van der Waals surface area contributed by atoms with E-state index in [2.05, 4.69) is 6.58 Å². The Balaban J connectivity index is 2.64. The third-order valence-corrected chi connectivity index (χ3v) is 1.37. The molecule has 1 aromatic heterocycles. The number of carbonyl (C=O) groups is 1. The van der Waals surface area contributed by atoms with Crippen LogP contribution in [0.15, 0.2) is 29.2 Å². The summed E-state index contributed by atoms with van der Waals surface area (Å²) in [5.41, 5.74) is 0. The molecule has 0 aliphatic carbocycles. The molecular weight excluding hydrogens is 140 g/mol. The number of furan rings is 1. The van der Waals surface area contributed by atoms with Crippen LogP contribution in [0, 0.1) is 6.92 Å². The van der Waals surface area contributed by atoms with Gasteiger partial charge < -0.3 is 4.42 Å². The Kier molecular flexibility index (Phi) is 2.26. The molecule has 0 bridgehead atoms. The lowest BCUT2D eigenvalue weighted by Crippen LogP contribution is -1.95. The maximum absolute atomic E-state index is 10.8. The van der Waals surface area contributed by atoms with Gasteiger partial charge in [-0.05, 0) is 25.1 Å². The van der Waals surface area contributed by atoms with Crippen LogP contribution in [-0.4, -0.2) is 5.78 Å². The zero-order chi connectivity index (χ0) is 8.27. The Morgan fingerprint density at radius 3 is 2.91 bits per heavy atom. The smallest absolute Gasteiger partial charge is 0.162 e. The molecular formula is C9H10O2. The van der Waals surface area contributed by atoms with Crippen molar-refractivity contribution in [2.45, 2.75) is 13.3 Å². The molecule has 11 heavy (non-hydrogen) atoms. The Labute approximate surface area is 65.5 Å². The van der Waals surface area contributed by atoms with Crippen LogP contribution >= 0.6 is 0 Å². The first kappa shape index (κ1) is 7.79. The first-order chi connectivity index (χ1) is 5.22. The van der Waals surface area contributed by atoms with Crippen molar-refractivity contribution in [1.82, 2.24) is 0 Å². The van der Waals surface area contributed by atoms with Gasteiger partial charge in [0.1, 0.15) is 11.5 Å². The monoisotopic (exact) mass is 150 g/mol. The van der Waals surface area contributed by atoms with E-state index in [0.717, 1.165) is 5.76 Å². The molecule has 58 valence electrons. The van der Waals surface area contributed by atoms with E-state index in [1.54, 1.807) is 6.07 Å². The number of hydrogen-bond donors (Lipinski definition) is 0. The van der Waals surface area contributed by atoms with Crippen LogP contribution in [0.5, 0.6) is 0 Å². The summed E-state index contributed by atoms with van der Waals surface area (Å²) in [6.45, 7) is 5.22. The summed E-state index contributed by atoms with van der Waals surface area (Å²) in [4.78, 5) is 10.8. The Morgan fingerprint density at radius 1 is 1.73 bits per heavy atom. The van der Waals surface area contributed by atoms with Gasteiger partial charge in [-0.15, -0.1) is 0 Å². The van der Waals surface area contributed by atoms with Crippen molar-refractivity contribution in [2.75, 3.05) is 0 Å². The van der Waals surface area contributed by atoms with Crippen LogP contribution in [0.4, 0.5) is 0 Å². The van der Waals surface area contributed by atoms with Gasteiger partial charge in [0.25, 0.3) is 0 Å². The molecule has 0 aliphatic rings. The summed E-state index contributed by atoms with van der Waals surface area (Å²) in [7, 11) is 0. The lowest BCUT2D eigenvalue weighted by atomic mass is 10.2. The summed E-state index contributed by atoms with van der Waals surface area (Å²) >= 11 is 0. The molecule has 0 fully saturated rings. The van der Waals surface area contributed by atoms with E-state index in [0.29, 0.717) is 12.2 Å². The molecule has 0 unspecified atom stereocenters. The highest BCUT2D eigenvalue weighted by Gasteiger charge is 2.01. The summed E-state index contributed by atoms with van der Waals surface area (Å²) in [6.07, 6.45) is 1.62. The minimum absolute atomic E-state index is 0.0145. The van der Waals surface area contributed by atoms with E-state index in [1.165, 1.54) is 6.08 Å². The minimum atomic E-state index is -0.0145. The normalized spacial score (nSPS) is 9.55. The molecule has 0 saturated carbocycles. The number of carbonyl (C=O) groups excluding carboxylic acids is 1. The van der Waals surface area contributed by atoms with Crippen LogP contribution in [0.3, 0.4) is 0 Å². The van der Waals surface area contributed by atoms with Crippen LogP contribution in [0.2, 0.25) is 0 Å². The molecule has 0 radical (unpaired) electrons. The number of hydrogen-bond acceptors (Lipinski definition) is 2. The maximum atomic E-state index is 10.8. The molecule has 2 heteroatoms. The molecule has 0 aromatic carbocycles. The quantitative estimate of drug-likeness (QED) is 0.616. The zero-order valence-electron chi connectivity index (χ0n) is 6.46. The number of rotatable bonds is 3. The summed E-state index contributed by atoms with van der Waals surface area (Å²) in [5, 5.41) is 0. The van der Waals surface area contributed by atoms with Crippen LogP contribution in [0.25, 0.3) is 0 Å². The van der Waals surface area contributed by atoms with Gasteiger partial charge in [0.15, 0.2) is 5.78 Å². The lowest BCUT2D eigenvalue weighted by Gasteiger charge is -1.89. The predicted molar refractivity (Wildman–Crippen MR) is 42.4 cm³/mol. The van der Waals surface area contributed by atoms with Crippen LogP contribution < -0.4 is 0 Å². The third-order valence-electron chi connectivity index (χ3n) is 1.37. The van der Waals surface area contributed by atoms with Gasteiger partial charge in [-0.3, -0.25) is 4.79 Å². The van der Waals surface area contributed by atoms with Crippen molar-refractivity contribution < 1.29 is 9.21 Å². The van der Waals surface area contributed by atoms with Gasteiger partial charge in [0, 0.05) is 0 Å². The third kappa shape index (κ3) is 2.08. The second-order valence-corrected chi connectivity index (χ2v) is 2.36. The van der Waals surface area contributed by atoms with Gasteiger partial charge >= 0.3 is 0 Å². The fraction of sp³-hybridized carbons (Fsp3) is 0.222. The van der Waals surface area contributed by atoms with Crippen molar-refractivity contribution in [3.05, 3.63) is 36.3 Å². The molecule has 0 aliphatic heterocycles. The first-order valence-electron chi connectivity index (χ1n) is 3.43. The molecule has 0 atom stereocenters. The zero-order valence-corrected chi connectivity index (χ0v) is 6.46. The van der Waals surface area contributed by atoms with Gasteiger partial charge in [0.05, 0.1) is 6.42 Å². The Hall–Kier alpha value is -1.31. The number of ketones is 1. The largest absolute Gasteiger partial charge is 0.466 e. The first-order valence-corrected chi connectivity index (χ1v) is 3.43. The molecule has 0 N–H and O–H groups in total. The molecule has 0 spiro atoms. The molecule has 2 nitrogen and oxygen atoms in total. The van der Waals surface area contributed by atoms with Gasteiger partial charge in [-0.1, -0.05) is 6.58 Å². The summed E-state index contributed by atoms with van der Waals surface area (Å²) < 4.78 is 5.19. The fourth-order valence-electron chi connectivity index (χ4n) is 0.824. The SMILES string of the molecule is C=CC(=O)Cc1ccc(C)o1. The van der Waals surface area contributed by atoms with Crippen LogP contribution in [-0.2, 0) is 11.2 Å². The average Bonchev–Trinajstić information content (AvgIpc) is 2.35. The lowest BCUT2D eigenvalue weighted by molar-refractivity contribution is -0.114. The van der Waals surface area contributed by atoms with Crippen molar-refractivity contribution in [1.29, 1.82) is 0 Å². The molecule has 1 heterocycles. The van der Waals surface area contributed by atoms with Gasteiger partial charge in [-0.2, -0.15) is 0 Å². The average molecular weight is 150 g/mol. The van der Waals surface area contributed by atoms with Crippen molar-refractivity contribution in [2.24, 2.45) is 0 Å². The standard InChI is InChI=1S/C9H10O2/c1-3-8(10)6-9-5-4-7(2)11-9/h3-5H,1,6H2,2H3. The van der Waals surface area contributed by atoms with Gasteiger partial charge in [-0.25, -0.2) is 0 Å². The topological polar surface area (TPSA) is 30.2 Å². The second-order valence-electron chi connectivity index (χ2n) is 2.36. The highest BCUT2D eigenvalue weighted by atomic mass is 16.3. The van der Waals surface area contributed by atoms with E-state index in [9.17, 15) is 4.79 Å².